The largest absolute Gasteiger partial charge is 0.497 e. The predicted octanol–water partition coefficient (Wildman–Crippen LogP) is 3.17. The van der Waals surface area contributed by atoms with Gasteiger partial charge in [0.15, 0.2) is 0 Å². The quantitative estimate of drug-likeness (QED) is 0.900. The highest BCUT2D eigenvalue weighted by Crippen LogP contribution is 2.26. The molecule has 2 aromatic rings. The van der Waals surface area contributed by atoms with Crippen molar-refractivity contribution < 1.29 is 4.74 Å². The molecule has 0 aliphatic carbocycles. The molecule has 0 radical (unpaired) electrons. The van der Waals surface area contributed by atoms with Crippen LogP contribution in [0.1, 0.15) is 18.1 Å². The van der Waals surface area contributed by atoms with Crippen LogP contribution < -0.4 is 10.5 Å². The van der Waals surface area contributed by atoms with E-state index in [4.69, 9.17) is 10.5 Å². The zero-order valence-electron chi connectivity index (χ0n) is 10.1. The number of nitrogens with two attached hydrogens (primary N) is 1. The summed E-state index contributed by atoms with van der Waals surface area (Å²) in [5.74, 6) is 0.851. The van der Waals surface area contributed by atoms with Crippen molar-refractivity contribution in [2.45, 2.75) is 18.9 Å². The van der Waals surface area contributed by atoms with E-state index in [0.717, 1.165) is 17.7 Å². The smallest absolute Gasteiger partial charge is 0.119 e. The summed E-state index contributed by atoms with van der Waals surface area (Å²) in [5, 5.41) is 4.22. The van der Waals surface area contributed by atoms with Crippen molar-refractivity contribution in [1.82, 2.24) is 0 Å². The lowest BCUT2D eigenvalue weighted by atomic mass is 9.87. The lowest BCUT2D eigenvalue weighted by molar-refractivity contribution is 0.410. The van der Waals surface area contributed by atoms with Gasteiger partial charge in [-0.05, 0) is 53.4 Å². The summed E-state index contributed by atoms with van der Waals surface area (Å²) in [5.41, 5.74) is 8.42. The van der Waals surface area contributed by atoms with Crippen molar-refractivity contribution in [3.05, 3.63) is 52.2 Å². The third kappa shape index (κ3) is 2.87. The van der Waals surface area contributed by atoms with E-state index in [9.17, 15) is 0 Å². The van der Waals surface area contributed by atoms with Crippen LogP contribution in [0.25, 0.3) is 0 Å². The lowest BCUT2D eigenvalue weighted by Crippen LogP contribution is -2.35. The van der Waals surface area contributed by atoms with Gasteiger partial charge in [0.2, 0.25) is 0 Å². The molecule has 1 heterocycles. The van der Waals surface area contributed by atoms with Gasteiger partial charge in [-0.15, -0.1) is 0 Å². The van der Waals surface area contributed by atoms with E-state index < -0.39 is 0 Å². The number of rotatable bonds is 4. The Labute approximate surface area is 106 Å². The van der Waals surface area contributed by atoms with Crippen molar-refractivity contribution in [1.29, 1.82) is 0 Å². The standard InChI is InChI=1S/C14H17NOS/c1-14(15,9-11-6-7-17-10-11)12-4-3-5-13(8-12)16-2/h3-8,10H,9,15H2,1-2H3. The van der Waals surface area contributed by atoms with Gasteiger partial charge in [-0.2, -0.15) is 11.3 Å². The molecule has 1 unspecified atom stereocenters. The van der Waals surface area contributed by atoms with Crippen LogP contribution >= 0.6 is 11.3 Å². The van der Waals surface area contributed by atoms with E-state index in [1.807, 2.05) is 18.2 Å². The van der Waals surface area contributed by atoms with E-state index in [-0.39, 0.29) is 5.54 Å². The van der Waals surface area contributed by atoms with E-state index in [1.165, 1.54) is 5.56 Å². The Morgan fingerprint density at radius 1 is 1.35 bits per heavy atom. The van der Waals surface area contributed by atoms with E-state index in [1.54, 1.807) is 18.4 Å². The third-order valence-corrected chi connectivity index (χ3v) is 3.61. The second kappa shape index (κ2) is 4.90. The number of ether oxygens (including phenoxy) is 1. The summed E-state index contributed by atoms with van der Waals surface area (Å²) in [6.45, 7) is 2.06. The summed E-state index contributed by atoms with van der Waals surface area (Å²) in [7, 11) is 1.67. The average Bonchev–Trinajstić information content (AvgIpc) is 2.81. The second-order valence-corrected chi connectivity index (χ2v) is 5.24. The predicted molar refractivity (Wildman–Crippen MR) is 72.6 cm³/mol. The fourth-order valence-corrected chi connectivity index (χ4v) is 2.57. The molecular weight excluding hydrogens is 230 g/mol. The minimum Gasteiger partial charge on any atom is -0.497 e. The van der Waals surface area contributed by atoms with E-state index >= 15 is 0 Å². The number of hydrogen-bond acceptors (Lipinski definition) is 3. The third-order valence-electron chi connectivity index (χ3n) is 2.88. The van der Waals surface area contributed by atoms with E-state index in [2.05, 4.69) is 29.8 Å². The number of methoxy groups -OCH3 is 1. The summed E-state index contributed by atoms with van der Waals surface area (Å²) in [4.78, 5) is 0. The number of benzene rings is 1. The van der Waals surface area contributed by atoms with Crippen LogP contribution in [-0.2, 0) is 12.0 Å². The van der Waals surface area contributed by atoms with Crippen molar-refractivity contribution >= 4 is 11.3 Å². The Hall–Kier alpha value is -1.32. The topological polar surface area (TPSA) is 35.2 Å². The summed E-state index contributed by atoms with van der Waals surface area (Å²) < 4.78 is 5.23. The second-order valence-electron chi connectivity index (χ2n) is 4.46. The first-order valence-electron chi connectivity index (χ1n) is 5.56. The summed E-state index contributed by atoms with van der Waals surface area (Å²) >= 11 is 1.70. The molecule has 2 nitrogen and oxygen atoms in total. The highest BCUT2D eigenvalue weighted by molar-refractivity contribution is 7.07. The van der Waals surface area contributed by atoms with Crippen molar-refractivity contribution in [3.63, 3.8) is 0 Å². The van der Waals surface area contributed by atoms with E-state index in [0.29, 0.717) is 0 Å². The molecule has 17 heavy (non-hydrogen) atoms. The fraction of sp³-hybridized carbons (Fsp3) is 0.286. The zero-order valence-corrected chi connectivity index (χ0v) is 11.0. The Bertz CT molecular complexity index is 477. The molecule has 0 bridgehead atoms. The van der Waals surface area contributed by atoms with Gasteiger partial charge >= 0.3 is 0 Å². The van der Waals surface area contributed by atoms with Gasteiger partial charge in [0, 0.05) is 5.54 Å². The van der Waals surface area contributed by atoms with Crippen LogP contribution in [0.2, 0.25) is 0 Å². The number of hydrogen-bond donors (Lipinski definition) is 1. The minimum atomic E-state index is -0.365. The van der Waals surface area contributed by atoms with Crippen LogP contribution in [0.15, 0.2) is 41.1 Å². The molecule has 0 spiro atoms. The Kier molecular flexibility index (Phi) is 3.50. The first-order valence-corrected chi connectivity index (χ1v) is 6.50. The molecule has 0 aliphatic rings. The monoisotopic (exact) mass is 247 g/mol. The summed E-state index contributed by atoms with van der Waals surface area (Å²) in [6, 6.07) is 10.1. The molecule has 1 aromatic carbocycles. The Morgan fingerprint density at radius 2 is 2.18 bits per heavy atom. The number of thiophene rings is 1. The van der Waals surface area contributed by atoms with Crippen LogP contribution in [0, 0.1) is 0 Å². The van der Waals surface area contributed by atoms with Gasteiger partial charge in [0.05, 0.1) is 7.11 Å². The van der Waals surface area contributed by atoms with Gasteiger partial charge in [-0.25, -0.2) is 0 Å². The van der Waals surface area contributed by atoms with Gasteiger partial charge in [-0.1, -0.05) is 12.1 Å². The van der Waals surface area contributed by atoms with Crippen molar-refractivity contribution in [2.24, 2.45) is 5.73 Å². The maximum absolute atomic E-state index is 6.40. The van der Waals surface area contributed by atoms with Gasteiger partial charge in [0.25, 0.3) is 0 Å². The fourth-order valence-electron chi connectivity index (χ4n) is 1.90. The normalized spacial score (nSPS) is 14.3. The molecule has 3 heteroatoms. The highest BCUT2D eigenvalue weighted by Gasteiger charge is 2.22. The molecule has 2 rings (SSSR count). The summed E-state index contributed by atoms with van der Waals surface area (Å²) in [6.07, 6.45) is 0.837. The molecule has 0 fully saturated rings. The van der Waals surface area contributed by atoms with Crippen molar-refractivity contribution in [3.8, 4) is 5.75 Å². The molecule has 1 atom stereocenters. The maximum atomic E-state index is 6.40. The van der Waals surface area contributed by atoms with Gasteiger partial charge in [0.1, 0.15) is 5.75 Å². The van der Waals surface area contributed by atoms with Crippen LogP contribution in [0.3, 0.4) is 0 Å². The molecule has 0 saturated heterocycles. The maximum Gasteiger partial charge on any atom is 0.119 e. The first-order chi connectivity index (χ1) is 8.12. The average molecular weight is 247 g/mol. The van der Waals surface area contributed by atoms with Gasteiger partial charge in [-0.3, -0.25) is 0 Å². The molecule has 0 aliphatic heterocycles. The van der Waals surface area contributed by atoms with Crippen LogP contribution in [0.4, 0.5) is 0 Å². The van der Waals surface area contributed by atoms with Crippen LogP contribution in [0.5, 0.6) is 5.75 Å². The Balaban J connectivity index is 2.24. The van der Waals surface area contributed by atoms with Crippen LogP contribution in [-0.4, -0.2) is 7.11 Å². The molecular formula is C14H17NOS. The van der Waals surface area contributed by atoms with Gasteiger partial charge < -0.3 is 10.5 Å². The zero-order chi connectivity index (χ0) is 12.3. The lowest BCUT2D eigenvalue weighted by Gasteiger charge is -2.25. The first kappa shape index (κ1) is 12.1. The molecule has 2 N–H and O–H groups in total. The highest BCUT2D eigenvalue weighted by atomic mass is 32.1. The molecule has 90 valence electrons. The van der Waals surface area contributed by atoms with Crippen molar-refractivity contribution in [2.75, 3.05) is 7.11 Å². The molecule has 0 saturated carbocycles. The molecule has 0 amide bonds. The SMILES string of the molecule is COc1cccc(C(C)(N)Cc2ccsc2)c1. The molecule has 1 aromatic heterocycles. The Morgan fingerprint density at radius 3 is 2.82 bits per heavy atom. The minimum absolute atomic E-state index is 0.365.